The van der Waals surface area contributed by atoms with Crippen LogP contribution in [0.25, 0.3) is 28.0 Å². The van der Waals surface area contributed by atoms with Gasteiger partial charge < -0.3 is 26.0 Å². The number of halogens is 2. The quantitative estimate of drug-likeness (QED) is 0.269. The van der Waals surface area contributed by atoms with Crippen LogP contribution < -0.4 is 26.0 Å². The van der Waals surface area contributed by atoms with Gasteiger partial charge in [-0.05, 0) is 36.4 Å². The molecule has 42 heavy (non-hydrogen) atoms. The predicted molar refractivity (Wildman–Crippen MR) is 153 cm³/mol. The van der Waals surface area contributed by atoms with Gasteiger partial charge in [-0.2, -0.15) is 5.10 Å². The van der Waals surface area contributed by atoms with Crippen molar-refractivity contribution in [3.63, 3.8) is 0 Å². The van der Waals surface area contributed by atoms with Crippen LogP contribution in [-0.2, 0) is 6.54 Å². The Hall–Kier alpha value is -5.17. The summed E-state index contributed by atoms with van der Waals surface area (Å²) in [5.74, 6) is -0.474. The van der Waals surface area contributed by atoms with Crippen molar-refractivity contribution in [3.05, 3.63) is 83.8 Å². The van der Waals surface area contributed by atoms with E-state index in [2.05, 4.69) is 30.5 Å². The number of nitrogens with zero attached hydrogens (tertiary/aromatic N) is 6. The van der Waals surface area contributed by atoms with Crippen LogP contribution in [-0.4, -0.2) is 63.9 Å². The van der Waals surface area contributed by atoms with E-state index in [-0.39, 0.29) is 29.2 Å². The molecule has 13 heteroatoms. The average molecular weight is 572 g/mol. The van der Waals surface area contributed by atoms with Gasteiger partial charge >= 0.3 is 0 Å². The largest absolute Gasteiger partial charge is 0.496 e. The van der Waals surface area contributed by atoms with Crippen LogP contribution >= 0.6 is 0 Å². The van der Waals surface area contributed by atoms with Crippen LogP contribution in [0.15, 0.2) is 61.1 Å². The number of rotatable bonds is 7. The average Bonchev–Trinajstić information content (AvgIpc) is 3.42. The smallest absolute Gasteiger partial charge is 0.255 e. The number of fused-ring (bicyclic) bond motifs is 1. The molecular weight excluding hydrogens is 544 g/mol. The summed E-state index contributed by atoms with van der Waals surface area (Å²) >= 11 is 0. The minimum absolute atomic E-state index is 0.0115. The molecule has 1 amide bonds. The van der Waals surface area contributed by atoms with Gasteiger partial charge in [0.25, 0.3) is 5.91 Å². The van der Waals surface area contributed by atoms with Gasteiger partial charge in [0.1, 0.15) is 41.0 Å². The molecule has 5 aromatic rings. The Morgan fingerprint density at radius 1 is 1.07 bits per heavy atom. The highest BCUT2D eigenvalue weighted by molar-refractivity contribution is 5.99. The molecule has 6 rings (SSSR count). The molecule has 214 valence electrons. The maximum atomic E-state index is 15.3. The van der Waals surface area contributed by atoms with E-state index in [9.17, 15) is 9.18 Å². The summed E-state index contributed by atoms with van der Waals surface area (Å²) in [4.78, 5) is 28.0. The molecule has 0 radical (unpaired) electrons. The Balaban J connectivity index is 1.28. The van der Waals surface area contributed by atoms with Crippen molar-refractivity contribution >= 4 is 28.6 Å². The second-order valence-electron chi connectivity index (χ2n) is 9.66. The van der Waals surface area contributed by atoms with E-state index in [1.54, 1.807) is 23.0 Å². The first kappa shape index (κ1) is 27.0. The number of pyridine rings is 1. The first-order valence-corrected chi connectivity index (χ1v) is 13.2. The summed E-state index contributed by atoms with van der Waals surface area (Å²) in [6, 6.07) is 12.0. The molecule has 0 atom stereocenters. The first-order valence-electron chi connectivity index (χ1n) is 13.2. The highest BCUT2D eigenvalue weighted by Gasteiger charge is 2.21. The van der Waals surface area contributed by atoms with Crippen molar-refractivity contribution in [1.82, 2.24) is 35.4 Å². The van der Waals surface area contributed by atoms with Gasteiger partial charge in [0.15, 0.2) is 5.65 Å². The number of hydrogen-bond donors (Lipinski definition) is 3. The van der Waals surface area contributed by atoms with Crippen molar-refractivity contribution in [2.75, 3.05) is 43.9 Å². The number of piperazine rings is 1. The molecule has 1 fully saturated rings. The van der Waals surface area contributed by atoms with Crippen molar-refractivity contribution in [1.29, 1.82) is 0 Å². The summed E-state index contributed by atoms with van der Waals surface area (Å²) in [6.07, 6.45) is 3.06. The number of nitrogens with one attached hydrogen (secondary N) is 2. The third-order valence-corrected chi connectivity index (χ3v) is 7.08. The van der Waals surface area contributed by atoms with Gasteiger partial charge in [0.2, 0.25) is 0 Å². The number of hydrogen-bond acceptors (Lipinski definition) is 9. The van der Waals surface area contributed by atoms with Crippen molar-refractivity contribution in [2.45, 2.75) is 6.54 Å². The zero-order valence-electron chi connectivity index (χ0n) is 22.6. The number of nitrogen functional groups attached to an aromatic ring is 1. The maximum Gasteiger partial charge on any atom is 0.255 e. The minimum atomic E-state index is -0.596. The van der Waals surface area contributed by atoms with E-state index in [4.69, 9.17) is 15.6 Å². The van der Waals surface area contributed by atoms with Gasteiger partial charge in [-0.25, -0.2) is 28.4 Å². The molecule has 2 aromatic carbocycles. The lowest BCUT2D eigenvalue weighted by Gasteiger charge is -2.28. The lowest BCUT2D eigenvalue weighted by Crippen LogP contribution is -2.43. The Morgan fingerprint density at radius 2 is 1.90 bits per heavy atom. The van der Waals surface area contributed by atoms with Crippen LogP contribution in [0.4, 0.5) is 20.4 Å². The molecule has 0 unspecified atom stereocenters. The van der Waals surface area contributed by atoms with Gasteiger partial charge in [-0.3, -0.25) is 4.79 Å². The Morgan fingerprint density at radius 3 is 2.64 bits per heavy atom. The molecule has 0 saturated carbocycles. The SMILES string of the molecule is COc1ccc(F)cc1C(=O)NCc1ccc(-c2nn(-c3ccc(N4CCNCC4)nc3)c3ncnc(N)c23)cc1F. The van der Waals surface area contributed by atoms with E-state index < -0.39 is 17.5 Å². The van der Waals surface area contributed by atoms with Crippen molar-refractivity contribution in [2.24, 2.45) is 0 Å². The van der Waals surface area contributed by atoms with Crippen molar-refractivity contribution in [3.8, 4) is 22.7 Å². The van der Waals surface area contributed by atoms with E-state index >= 15 is 4.39 Å². The van der Waals surface area contributed by atoms with Gasteiger partial charge in [0.05, 0.1) is 29.9 Å². The molecule has 0 bridgehead atoms. The number of anilines is 2. The van der Waals surface area contributed by atoms with Crippen LogP contribution in [0.2, 0.25) is 0 Å². The topological polar surface area (TPSA) is 136 Å². The lowest BCUT2D eigenvalue weighted by atomic mass is 10.1. The fourth-order valence-electron chi connectivity index (χ4n) is 4.91. The first-order chi connectivity index (χ1) is 20.4. The van der Waals surface area contributed by atoms with Crippen LogP contribution in [0.1, 0.15) is 15.9 Å². The number of benzene rings is 2. The predicted octanol–water partition coefficient (Wildman–Crippen LogP) is 3.09. The number of carbonyl (C=O) groups is 1. The number of amides is 1. The van der Waals surface area contributed by atoms with E-state index in [0.717, 1.165) is 38.1 Å². The highest BCUT2D eigenvalue weighted by Crippen LogP contribution is 2.32. The third-order valence-electron chi connectivity index (χ3n) is 7.08. The third kappa shape index (κ3) is 5.17. The van der Waals surface area contributed by atoms with E-state index in [0.29, 0.717) is 28.0 Å². The Kier molecular flexibility index (Phi) is 7.32. The standard InChI is InChI=1S/C29H27F2N9O2/c1-42-23-6-4-19(30)13-21(23)29(41)35-14-18-3-2-17(12-22(18)31)26-25-27(32)36-16-37-28(25)40(38-26)20-5-7-24(34-15-20)39-10-8-33-9-11-39/h2-7,12-13,15-16,33H,8-11,14H2,1H3,(H,35,41)(H2,32,36,37). The lowest BCUT2D eigenvalue weighted by molar-refractivity contribution is 0.0947. The second-order valence-corrected chi connectivity index (χ2v) is 9.66. The summed E-state index contributed by atoms with van der Waals surface area (Å²) in [5, 5.41) is 11.1. The van der Waals surface area contributed by atoms with Gasteiger partial charge in [0, 0.05) is 43.9 Å². The van der Waals surface area contributed by atoms with Gasteiger partial charge in [-0.1, -0.05) is 12.1 Å². The fourth-order valence-corrected chi connectivity index (χ4v) is 4.91. The molecule has 4 N–H and O–H groups in total. The normalized spacial score (nSPS) is 13.4. The van der Waals surface area contributed by atoms with E-state index in [1.165, 1.54) is 31.6 Å². The molecule has 4 heterocycles. The van der Waals surface area contributed by atoms with E-state index in [1.807, 2.05) is 12.1 Å². The molecule has 1 aliphatic rings. The highest BCUT2D eigenvalue weighted by atomic mass is 19.1. The van der Waals surface area contributed by atoms with Crippen LogP contribution in [0.5, 0.6) is 5.75 Å². The van der Waals surface area contributed by atoms with Gasteiger partial charge in [-0.15, -0.1) is 0 Å². The number of methoxy groups -OCH3 is 1. The second kappa shape index (κ2) is 11.4. The number of ether oxygens (including phenoxy) is 1. The molecule has 1 aliphatic heterocycles. The zero-order valence-corrected chi connectivity index (χ0v) is 22.6. The molecule has 3 aromatic heterocycles. The molecule has 0 aliphatic carbocycles. The number of aromatic nitrogens is 5. The summed E-state index contributed by atoms with van der Waals surface area (Å²) in [7, 11) is 1.38. The zero-order chi connectivity index (χ0) is 29.2. The molecular formula is C29H27F2N9O2. The summed E-state index contributed by atoms with van der Waals surface area (Å²) < 4.78 is 35.7. The molecule has 1 saturated heterocycles. The van der Waals surface area contributed by atoms with Crippen molar-refractivity contribution < 1.29 is 18.3 Å². The van der Waals surface area contributed by atoms with Crippen LogP contribution in [0, 0.1) is 11.6 Å². The summed E-state index contributed by atoms with van der Waals surface area (Å²) in [5.41, 5.74) is 8.43. The Labute approximate surface area is 239 Å². The summed E-state index contributed by atoms with van der Waals surface area (Å²) in [6.45, 7) is 3.41. The maximum absolute atomic E-state index is 15.3. The monoisotopic (exact) mass is 571 g/mol. The minimum Gasteiger partial charge on any atom is -0.496 e. The Bertz CT molecular complexity index is 1770. The molecule has 11 nitrogen and oxygen atoms in total. The molecule has 0 spiro atoms. The number of carbonyl (C=O) groups excluding carboxylic acids is 1. The number of nitrogens with two attached hydrogens (primary N) is 1. The van der Waals surface area contributed by atoms with Crippen LogP contribution in [0.3, 0.4) is 0 Å². The fraction of sp³-hybridized carbons (Fsp3) is 0.207.